The van der Waals surface area contributed by atoms with Crippen molar-refractivity contribution >= 4 is 23.4 Å². The van der Waals surface area contributed by atoms with Crippen molar-refractivity contribution in [2.75, 3.05) is 0 Å². The highest BCUT2D eigenvalue weighted by molar-refractivity contribution is 6.22. The smallest absolute Gasteiger partial charge is 0.328 e. The molecule has 0 amide bonds. The van der Waals surface area contributed by atoms with Crippen molar-refractivity contribution in [2.45, 2.75) is 78.9 Å². The zero-order valence-electron chi connectivity index (χ0n) is 16.4. The summed E-state index contributed by atoms with van der Waals surface area (Å²) in [6, 6.07) is -1.19. The van der Waals surface area contributed by atoms with E-state index in [9.17, 15) is 24.6 Å². The summed E-state index contributed by atoms with van der Waals surface area (Å²) < 4.78 is 5.16. The molecular formula is C19H29NO6. The topological polar surface area (TPSA) is 113 Å². The number of aliphatic carboxylic acids is 1. The number of carbonyl (C=O) groups is 3. The molecular weight excluding hydrogens is 338 g/mol. The molecule has 26 heavy (non-hydrogen) atoms. The normalized spacial score (nSPS) is 19.3. The van der Waals surface area contributed by atoms with E-state index in [0.29, 0.717) is 6.42 Å². The van der Waals surface area contributed by atoms with Crippen molar-refractivity contribution in [3.63, 3.8) is 0 Å². The Morgan fingerprint density at radius 2 is 1.85 bits per heavy atom. The van der Waals surface area contributed by atoms with Crippen LogP contribution in [0.3, 0.4) is 0 Å². The summed E-state index contributed by atoms with van der Waals surface area (Å²) in [6.45, 7) is 10.5. The number of aliphatic hydroxyl groups is 1. The number of allylic oxidation sites excluding steroid dienone is 2. The van der Waals surface area contributed by atoms with Gasteiger partial charge in [0.15, 0.2) is 5.78 Å². The van der Waals surface area contributed by atoms with Gasteiger partial charge in [0, 0.05) is 25.0 Å². The molecule has 0 aromatic rings. The second kappa shape index (κ2) is 8.01. The number of ketones is 1. The fourth-order valence-electron chi connectivity index (χ4n) is 2.89. The first-order valence-electron chi connectivity index (χ1n) is 8.66. The number of Topliss-reactive ketones (excluding diaryl/α,β-unsaturated/α-hetero) is 1. The lowest BCUT2D eigenvalue weighted by molar-refractivity contribution is -0.155. The standard InChI is InChI=1S/C19H29NO6/c1-11(16-13(21)9-19(5,6)10-14(16)22)20-12(17(24)25)7-8-15(23)26-18(2,3)4/h12,21H,7-10H2,1-6H3,(H,24,25)/t12-/m0/s1. The number of hydrogen-bond donors (Lipinski definition) is 2. The van der Waals surface area contributed by atoms with Crippen molar-refractivity contribution in [2.24, 2.45) is 10.4 Å². The molecule has 0 fully saturated rings. The van der Waals surface area contributed by atoms with Crippen molar-refractivity contribution in [3.8, 4) is 0 Å². The molecule has 1 aliphatic rings. The molecule has 1 aliphatic carbocycles. The summed E-state index contributed by atoms with van der Waals surface area (Å²) in [5, 5.41) is 19.6. The first kappa shape index (κ1) is 21.9. The zero-order chi connectivity index (χ0) is 20.3. The van der Waals surface area contributed by atoms with Crippen molar-refractivity contribution in [3.05, 3.63) is 11.3 Å². The third kappa shape index (κ3) is 6.61. The maximum absolute atomic E-state index is 12.3. The number of ether oxygens (including phenoxy) is 1. The molecule has 0 bridgehead atoms. The molecule has 1 atom stereocenters. The summed E-state index contributed by atoms with van der Waals surface area (Å²) in [5.41, 5.74) is -0.715. The highest BCUT2D eigenvalue weighted by Crippen LogP contribution is 2.36. The summed E-state index contributed by atoms with van der Waals surface area (Å²) in [5.74, 6) is -2.02. The number of carboxylic acids is 1. The van der Waals surface area contributed by atoms with Gasteiger partial charge in [-0.05, 0) is 39.5 Å². The van der Waals surface area contributed by atoms with Gasteiger partial charge in [-0.3, -0.25) is 14.6 Å². The Morgan fingerprint density at radius 1 is 1.27 bits per heavy atom. The molecule has 0 aliphatic heterocycles. The van der Waals surface area contributed by atoms with Crippen molar-refractivity contribution < 1.29 is 29.3 Å². The molecule has 0 spiro atoms. The molecule has 0 saturated carbocycles. The predicted octanol–water partition coefficient (Wildman–Crippen LogP) is 3.22. The number of rotatable bonds is 6. The molecule has 7 nitrogen and oxygen atoms in total. The molecule has 1 rings (SSSR count). The van der Waals surface area contributed by atoms with E-state index in [0.717, 1.165) is 0 Å². The van der Waals surface area contributed by atoms with E-state index in [4.69, 9.17) is 4.74 Å². The monoisotopic (exact) mass is 367 g/mol. The Hall–Kier alpha value is -2.18. The maximum Gasteiger partial charge on any atom is 0.328 e. The van der Waals surface area contributed by atoms with E-state index in [1.807, 2.05) is 13.8 Å². The Morgan fingerprint density at radius 3 is 2.31 bits per heavy atom. The van der Waals surface area contributed by atoms with Crippen LogP contribution in [0.25, 0.3) is 0 Å². The lowest BCUT2D eigenvalue weighted by Crippen LogP contribution is -2.30. The number of carboxylic acid groups (broad SMARTS) is 1. The molecule has 146 valence electrons. The van der Waals surface area contributed by atoms with Crippen LogP contribution in [0, 0.1) is 5.41 Å². The number of aliphatic hydroxyl groups excluding tert-OH is 1. The predicted molar refractivity (Wildman–Crippen MR) is 97.3 cm³/mol. The van der Waals surface area contributed by atoms with Gasteiger partial charge in [-0.1, -0.05) is 13.8 Å². The van der Waals surface area contributed by atoms with Gasteiger partial charge in [0.1, 0.15) is 17.4 Å². The number of aliphatic imine (C=N–C) groups is 1. The van der Waals surface area contributed by atoms with E-state index in [1.54, 1.807) is 20.8 Å². The zero-order valence-corrected chi connectivity index (χ0v) is 16.4. The van der Waals surface area contributed by atoms with Gasteiger partial charge in [-0.15, -0.1) is 0 Å². The van der Waals surface area contributed by atoms with Crippen molar-refractivity contribution in [1.29, 1.82) is 0 Å². The molecule has 2 N–H and O–H groups in total. The van der Waals surface area contributed by atoms with E-state index >= 15 is 0 Å². The quantitative estimate of drug-likeness (QED) is 0.550. The molecule has 0 radical (unpaired) electrons. The molecule has 0 aromatic carbocycles. The highest BCUT2D eigenvalue weighted by atomic mass is 16.6. The fourth-order valence-corrected chi connectivity index (χ4v) is 2.89. The summed E-state index contributed by atoms with van der Waals surface area (Å²) in [7, 11) is 0. The number of carbonyl (C=O) groups excluding carboxylic acids is 2. The van der Waals surface area contributed by atoms with Gasteiger partial charge in [-0.2, -0.15) is 0 Å². The van der Waals surface area contributed by atoms with Gasteiger partial charge in [0.05, 0.1) is 5.57 Å². The summed E-state index contributed by atoms with van der Waals surface area (Å²) in [6.07, 6.45) is 0.442. The summed E-state index contributed by atoms with van der Waals surface area (Å²) >= 11 is 0. The Balaban J connectivity index is 2.93. The van der Waals surface area contributed by atoms with E-state index in [1.165, 1.54) is 6.92 Å². The maximum atomic E-state index is 12.3. The van der Waals surface area contributed by atoms with Crippen LogP contribution in [-0.4, -0.2) is 45.3 Å². The van der Waals surface area contributed by atoms with Gasteiger partial charge >= 0.3 is 11.9 Å². The summed E-state index contributed by atoms with van der Waals surface area (Å²) in [4.78, 5) is 39.6. The lowest BCUT2D eigenvalue weighted by Gasteiger charge is -2.29. The minimum atomic E-state index is -1.20. The van der Waals surface area contributed by atoms with Crippen LogP contribution in [0.5, 0.6) is 0 Å². The number of hydrogen-bond acceptors (Lipinski definition) is 6. The Labute approximate surface area is 154 Å². The molecule has 0 unspecified atom stereocenters. The van der Waals surface area contributed by atoms with E-state index < -0.39 is 23.6 Å². The van der Waals surface area contributed by atoms with E-state index in [2.05, 4.69) is 4.99 Å². The second-order valence-corrected chi connectivity index (χ2v) is 8.46. The van der Waals surface area contributed by atoms with Gasteiger partial charge in [-0.25, -0.2) is 4.79 Å². The average molecular weight is 367 g/mol. The fraction of sp³-hybridized carbons (Fsp3) is 0.684. The number of esters is 1. The van der Waals surface area contributed by atoms with Crippen LogP contribution in [0.15, 0.2) is 16.3 Å². The minimum absolute atomic E-state index is 0.0463. The Kier molecular flexibility index (Phi) is 6.74. The molecule has 7 heteroatoms. The van der Waals surface area contributed by atoms with Gasteiger partial charge in [0.25, 0.3) is 0 Å². The molecule has 0 aromatic heterocycles. The van der Waals surface area contributed by atoms with Gasteiger partial charge in [0.2, 0.25) is 0 Å². The van der Waals surface area contributed by atoms with E-state index in [-0.39, 0.29) is 47.5 Å². The second-order valence-electron chi connectivity index (χ2n) is 8.46. The van der Waals surface area contributed by atoms with Crippen LogP contribution < -0.4 is 0 Å². The SMILES string of the molecule is CC(=N[C@@H](CCC(=O)OC(C)(C)C)C(=O)O)C1=C(O)CC(C)(C)CC1=O. The minimum Gasteiger partial charge on any atom is -0.511 e. The largest absolute Gasteiger partial charge is 0.511 e. The van der Waals surface area contributed by atoms with Gasteiger partial charge < -0.3 is 14.9 Å². The number of nitrogens with zero attached hydrogens (tertiary/aromatic N) is 1. The van der Waals surface area contributed by atoms with Crippen LogP contribution in [0.1, 0.15) is 67.2 Å². The average Bonchev–Trinajstić information content (AvgIpc) is 2.38. The van der Waals surface area contributed by atoms with Crippen LogP contribution in [0.4, 0.5) is 0 Å². The molecule has 0 heterocycles. The Bertz CT molecular complexity index is 651. The lowest BCUT2D eigenvalue weighted by atomic mass is 9.75. The van der Waals surface area contributed by atoms with Crippen LogP contribution in [-0.2, 0) is 19.1 Å². The molecule has 0 saturated heterocycles. The first-order valence-corrected chi connectivity index (χ1v) is 8.66. The van der Waals surface area contributed by atoms with Crippen LogP contribution >= 0.6 is 0 Å². The third-order valence-corrected chi connectivity index (χ3v) is 3.89. The highest BCUT2D eigenvalue weighted by Gasteiger charge is 2.34. The van der Waals surface area contributed by atoms with Crippen LogP contribution in [0.2, 0.25) is 0 Å². The van der Waals surface area contributed by atoms with Crippen molar-refractivity contribution in [1.82, 2.24) is 0 Å². The first-order chi connectivity index (χ1) is 11.7. The third-order valence-electron chi connectivity index (χ3n) is 3.89.